The summed E-state index contributed by atoms with van der Waals surface area (Å²) >= 11 is 0. The lowest BCUT2D eigenvalue weighted by Crippen LogP contribution is -2.36. The summed E-state index contributed by atoms with van der Waals surface area (Å²) in [5.74, 6) is 0. The largest absolute Gasteiger partial charge is 0.330 e. The smallest absolute Gasteiger partial charge is 0.302 e. The molecule has 0 aliphatic heterocycles. The molecule has 0 aliphatic rings. The van der Waals surface area contributed by atoms with Crippen LogP contribution in [0.3, 0.4) is 0 Å². The molecule has 7 heteroatoms. The average molecular weight is 354 g/mol. The molecule has 26 heavy (non-hydrogen) atoms. The summed E-state index contributed by atoms with van der Waals surface area (Å²) in [7, 11) is 1.54. The van der Waals surface area contributed by atoms with Gasteiger partial charge in [0.25, 0.3) is 11.1 Å². The Labute approximate surface area is 150 Å². The highest BCUT2D eigenvalue weighted by Crippen LogP contribution is 2.07. The minimum atomic E-state index is -0.584. The Morgan fingerprint density at radius 1 is 1.08 bits per heavy atom. The summed E-state index contributed by atoms with van der Waals surface area (Å²) in [6.45, 7) is 2.47. The second-order valence-electron chi connectivity index (χ2n) is 6.34. The lowest BCUT2D eigenvalue weighted by atomic mass is 10.1. The van der Waals surface area contributed by atoms with Crippen LogP contribution in [0.2, 0.25) is 0 Å². The fourth-order valence-corrected chi connectivity index (χ4v) is 3.03. The van der Waals surface area contributed by atoms with Crippen LogP contribution in [-0.4, -0.2) is 19.1 Å². The Morgan fingerprint density at radius 3 is 2.50 bits per heavy atom. The maximum absolute atomic E-state index is 12.6. The van der Waals surface area contributed by atoms with E-state index in [-0.39, 0.29) is 16.7 Å². The number of aromatic amines is 1. The molecule has 0 spiro atoms. The van der Waals surface area contributed by atoms with Crippen LogP contribution in [0, 0.1) is 0 Å². The molecule has 0 radical (unpaired) electrons. The number of aryl methyl sites for hydroxylation is 4. The van der Waals surface area contributed by atoms with E-state index in [0.717, 1.165) is 18.4 Å². The minimum absolute atomic E-state index is 0.133. The van der Waals surface area contributed by atoms with E-state index < -0.39 is 11.2 Å². The van der Waals surface area contributed by atoms with Crippen LogP contribution in [0.5, 0.6) is 0 Å². The molecule has 0 saturated heterocycles. The molecule has 0 amide bonds. The Kier molecular flexibility index (Phi) is 5.16. The zero-order valence-electron chi connectivity index (χ0n) is 15.0. The van der Waals surface area contributed by atoms with E-state index in [1.54, 1.807) is 7.05 Å². The van der Waals surface area contributed by atoms with Crippen LogP contribution in [-0.2, 0) is 26.4 Å². The average Bonchev–Trinajstić information content (AvgIpc) is 2.63. The minimum Gasteiger partial charge on any atom is -0.302 e. The number of nitrogens with zero attached hydrogens (tertiary/aromatic N) is 3. The Morgan fingerprint density at radius 2 is 1.81 bits per heavy atom. The van der Waals surface area contributed by atoms with E-state index in [0.29, 0.717) is 25.1 Å². The molecule has 0 fully saturated rings. The predicted molar refractivity (Wildman–Crippen MR) is 101 cm³/mol. The van der Waals surface area contributed by atoms with Gasteiger partial charge in [-0.2, -0.15) is 0 Å². The second-order valence-corrected chi connectivity index (χ2v) is 6.34. The number of rotatable bonds is 6. The third-order valence-electron chi connectivity index (χ3n) is 4.50. The highest BCUT2D eigenvalue weighted by Gasteiger charge is 2.16. The molecule has 1 N–H and O–H groups in total. The summed E-state index contributed by atoms with van der Waals surface area (Å²) in [5.41, 5.74) is 0.492. The number of hydrogen-bond acceptors (Lipinski definition) is 4. The van der Waals surface area contributed by atoms with Gasteiger partial charge in [-0.1, -0.05) is 43.7 Å². The first-order valence-corrected chi connectivity index (χ1v) is 8.79. The molecule has 0 saturated carbocycles. The predicted octanol–water partition coefficient (Wildman–Crippen LogP) is 1.37. The number of fused-ring (bicyclic) bond motifs is 1. The zero-order chi connectivity index (χ0) is 18.7. The number of aromatic nitrogens is 4. The van der Waals surface area contributed by atoms with Gasteiger partial charge in [-0.3, -0.25) is 19.1 Å². The van der Waals surface area contributed by atoms with Gasteiger partial charge < -0.3 is 4.57 Å². The zero-order valence-corrected chi connectivity index (χ0v) is 15.0. The van der Waals surface area contributed by atoms with Gasteiger partial charge in [-0.25, -0.2) is 9.78 Å². The van der Waals surface area contributed by atoms with Gasteiger partial charge in [0.15, 0.2) is 11.2 Å². The molecule has 1 aromatic carbocycles. The fourth-order valence-electron chi connectivity index (χ4n) is 3.03. The molecule has 2 heterocycles. The lowest BCUT2D eigenvalue weighted by molar-refractivity contribution is 0.607. The van der Waals surface area contributed by atoms with E-state index in [4.69, 9.17) is 0 Å². The van der Waals surface area contributed by atoms with Crippen LogP contribution in [0.1, 0.15) is 31.0 Å². The van der Waals surface area contributed by atoms with Crippen molar-refractivity contribution in [3.05, 3.63) is 72.8 Å². The van der Waals surface area contributed by atoms with Crippen LogP contribution in [0.4, 0.5) is 0 Å². The quantitative estimate of drug-likeness (QED) is 0.724. The molecule has 0 unspecified atom stereocenters. The second kappa shape index (κ2) is 7.51. The Hall–Kier alpha value is -2.96. The number of hydrogen-bond donors (Lipinski definition) is 1. The molecule has 2 aromatic heterocycles. The van der Waals surface area contributed by atoms with Crippen LogP contribution in [0.25, 0.3) is 11.2 Å². The Bertz CT molecular complexity index is 1090. The van der Waals surface area contributed by atoms with E-state index in [2.05, 4.69) is 9.97 Å². The number of benzene rings is 1. The van der Waals surface area contributed by atoms with Crippen molar-refractivity contribution in [2.45, 2.75) is 39.2 Å². The number of unbranched alkanes of at least 4 members (excludes halogenated alkanes) is 1. The summed E-state index contributed by atoms with van der Waals surface area (Å²) < 4.78 is 2.75. The first kappa shape index (κ1) is 17.8. The highest BCUT2D eigenvalue weighted by atomic mass is 16.2. The first-order chi connectivity index (χ1) is 12.5. The van der Waals surface area contributed by atoms with Gasteiger partial charge in [0.05, 0.1) is 0 Å². The van der Waals surface area contributed by atoms with Gasteiger partial charge in [0.2, 0.25) is 0 Å². The molecule has 0 aliphatic carbocycles. The maximum atomic E-state index is 12.6. The SMILES string of the molecule is CCCCn1c(=O)[nH]c(=O)c2c1nc(CCc1ccccc1)c(=O)n2C. The molecule has 3 aromatic rings. The van der Waals surface area contributed by atoms with E-state index in [1.807, 2.05) is 37.3 Å². The van der Waals surface area contributed by atoms with Gasteiger partial charge in [0, 0.05) is 13.6 Å². The maximum Gasteiger partial charge on any atom is 0.330 e. The van der Waals surface area contributed by atoms with Gasteiger partial charge in [-0.05, 0) is 24.8 Å². The van der Waals surface area contributed by atoms with Crippen LogP contribution in [0.15, 0.2) is 44.7 Å². The molecule has 136 valence electrons. The van der Waals surface area contributed by atoms with Gasteiger partial charge in [0.1, 0.15) is 5.69 Å². The van der Waals surface area contributed by atoms with Gasteiger partial charge >= 0.3 is 5.69 Å². The normalized spacial score (nSPS) is 11.2. The number of H-pyrrole nitrogens is 1. The van der Waals surface area contributed by atoms with Crippen LogP contribution < -0.4 is 16.8 Å². The fraction of sp³-hybridized carbons (Fsp3) is 0.368. The van der Waals surface area contributed by atoms with E-state index >= 15 is 0 Å². The summed E-state index contributed by atoms with van der Waals surface area (Å²) in [4.78, 5) is 43.8. The van der Waals surface area contributed by atoms with Crippen molar-refractivity contribution < 1.29 is 0 Å². The van der Waals surface area contributed by atoms with Crippen molar-refractivity contribution in [3.63, 3.8) is 0 Å². The van der Waals surface area contributed by atoms with Crippen LogP contribution >= 0.6 is 0 Å². The summed E-state index contributed by atoms with van der Waals surface area (Å²) in [6.07, 6.45) is 2.79. The lowest BCUT2D eigenvalue weighted by Gasteiger charge is -2.12. The molecule has 7 nitrogen and oxygen atoms in total. The topological polar surface area (TPSA) is 89.8 Å². The first-order valence-electron chi connectivity index (χ1n) is 8.79. The van der Waals surface area contributed by atoms with E-state index in [9.17, 15) is 14.4 Å². The molecular weight excluding hydrogens is 332 g/mol. The van der Waals surface area contributed by atoms with Crippen molar-refractivity contribution in [1.82, 2.24) is 19.1 Å². The van der Waals surface area contributed by atoms with Crippen molar-refractivity contribution in [3.8, 4) is 0 Å². The summed E-state index contributed by atoms with van der Waals surface area (Å²) in [5, 5.41) is 0. The molecule has 0 bridgehead atoms. The third-order valence-corrected chi connectivity index (χ3v) is 4.50. The Balaban J connectivity index is 2.13. The van der Waals surface area contributed by atoms with Crippen molar-refractivity contribution in [2.24, 2.45) is 7.05 Å². The molecular formula is C19H22N4O3. The standard InChI is InChI=1S/C19H22N4O3/c1-3-4-12-23-16-15(17(24)21-19(23)26)22(2)18(25)14(20-16)11-10-13-8-6-5-7-9-13/h5-9H,3-4,10-12H2,1-2H3,(H,21,24,26). The molecule has 3 rings (SSSR count). The summed E-state index contributed by atoms with van der Waals surface area (Å²) in [6, 6.07) is 9.82. The van der Waals surface area contributed by atoms with Crippen molar-refractivity contribution in [2.75, 3.05) is 0 Å². The van der Waals surface area contributed by atoms with Crippen molar-refractivity contribution in [1.29, 1.82) is 0 Å². The molecule has 0 atom stereocenters. The third kappa shape index (κ3) is 3.37. The monoisotopic (exact) mass is 354 g/mol. The van der Waals surface area contributed by atoms with Crippen molar-refractivity contribution >= 4 is 11.2 Å². The van der Waals surface area contributed by atoms with E-state index in [1.165, 1.54) is 9.13 Å². The highest BCUT2D eigenvalue weighted by molar-refractivity contribution is 5.69. The van der Waals surface area contributed by atoms with Gasteiger partial charge in [-0.15, -0.1) is 0 Å². The number of nitrogens with one attached hydrogen (secondary N) is 1.